The number of nitrogens with zero attached hydrogens (tertiary/aromatic N) is 5. The van der Waals surface area contributed by atoms with Gasteiger partial charge >= 0.3 is 0 Å². The molecule has 156 valence electrons. The molecule has 0 saturated heterocycles. The van der Waals surface area contributed by atoms with Gasteiger partial charge < -0.3 is 9.88 Å². The fourth-order valence-corrected chi connectivity index (χ4v) is 3.82. The van der Waals surface area contributed by atoms with Gasteiger partial charge in [0.25, 0.3) is 0 Å². The lowest BCUT2D eigenvalue weighted by atomic mass is 10.1. The standard InChI is InChI=1S/C24H23FN6/c1-15(2)14-27-23-26-13-12-18(28-23)22-21(16-8-10-17(25)11-9-16)29-24-30(3)19-6-4-5-7-20(19)31(22)24/h4-13,15H,14H2,1-3H3,(H,26,27,28). The SMILES string of the molecule is CC(C)CNc1nccc(-c2c(-c3ccc(F)cc3)nc3n(C)c4ccccc4n23)n1. The molecule has 0 amide bonds. The van der Waals surface area contributed by atoms with Crippen LogP contribution in [0.5, 0.6) is 0 Å². The van der Waals surface area contributed by atoms with Crippen molar-refractivity contribution in [2.24, 2.45) is 13.0 Å². The number of hydrogen-bond donors (Lipinski definition) is 1. The highest BCUT2D eigenvalue weighted by Gasteiger charge is 2.22. The smallest absolute Gasteiger partial charge is 0.223 e. The molecule has 31 heavy (non-hydrogen) atoms. The molecule has 1 N–H and O–H groups in total. The maximum atomic E-state index is 13.6. The van der Waals surface area contributed by atoms with E-state index in [0.29, 0.717) is 11.9 Å². The molecule has 0 fully saturated rings. The molecule has 5 aromatic rings. The Morgan fingerprint density at radius 3 is 2.45 bits per heavy atom. The summed E-state index contributed by atoms with van der Waals surface area (Å²) in [6.45, 7) is 5.06. The minimum atomic E-state index is -0.276. The van der Waals surface area contributed by atoms with Gasteiger partial charge in [0.2, 0.25) is 11.7 Å². The summed E-state index contributed by atoms with van der Waals surface area (Å²) in [5, 5.41) is 3.30. The number of anilines is 1. The number of para-hydroxylation sites is 2. The monoisotopic (exact) mass is 414 g/mol. The zero-order chi connectivity index (χ0) is 21.5. The maximum absolute atomic E-state index is 13.6. The molecule has 0 radical (unpaired) electrons. The van der Waals surface area contributed by atoms with Gasteiger partial charge in [-0.15, -0.1) is 0 Å². The average Bonchev–Trinajstić information content (AvgIpc) is 3.29. The number of fused-ring (bicyclic) bond motifs is 3. The molecule has 0 saturated carbocycles. The van der Waals surface area contributed by atoms with Gasteiger partial charge in [-0.2, -0.15) is 0 Å². The molecule has 0 aliphatic carbocycles. The van der Waals surface area contributed by atoms with Crippen LogP contribution < -0.4 is 5.32 Å². The Bertz CT molecular complexity index is 1380. The van der Waals surface area contributed by atoms with E-state index in [1.165, 1.54) is 12.1 Å². The van der Waals surface area contributed by atoms with Crippen LogP contribution in [-0.4, -0.2) is 30.5 Å². The molecule has 5 rings (SSSR count). The van der Waals surface area contributed by atoms with Crippen molar-refractivity contribution in [3.8, 4) is 22.6 Å². The van der Waals surface area contributed by atoms with E-state index < -0.39 is 0 Å². The van der Waals surface area contributed by atoms with Crippen LogP contribution in [0, 0.1) is 11.7 Å². The highest BCUT2D eigenvalue weighted by molar-refractivity contribution is 5.89. The summed E-state index contributed by atoms with van der Waals surface area (Å²) in [5.74, 6) is 1.57. The van der Waals surface area contributed by atoms with Gasteiger partial charge in [-0.05, 0) is 48.4 Å². The average molecular weight is 414 g/mol. The largest absolute Gasteiger partial charge is 0.354 e. The number of aryl methyl sites for hydroxylation is 1. The van der Waals surface area contributed by atoms with E-state index in [1.807, 2.05) is 25.2 Å². The topological polar surface area (TPSA) is 60.0 Å². The molecule has 7 heteroatoms. The molecule has 0 bridgehead atoms. The van der Waals surface area contributed by atoms with E-state index in [0.717, 1.165) is 46.0 Å². The molecule has 2 aromatic carbocycles. The number of benzene rings is 2. The lowest BCUT2D eigenvalue weighted by Gasteiger charge is -2.09. The quantitative estimate of drug-likeness (QED) is 0.432. The molecule has 0 atom stereocenters. The first kappa shape index (κ1) is 19.2. The Hall–Kier alpha value is -3.74. The van der Waals surface area contributed by atoms with Crippen molar-refractivity contribution in [3.05, 3.63) is 66.6 Å². The number of nitrogens with one attached hydrogen (secondary N) is 1. The first-order chi connectivity index (χ1) is 15.0. The second-order valence-corrected chi connectivity index (χ2v) is 8.04. The Kier molecular flexibility index (Phi) is 4.66. The van der Waals surface area contributed by atoms with Gasteiger partial charge in [0, 0.05) is 25.4 Å². The summed E-state index contributed by atoms with van der Waals surface area (Å²) in [7, 11) is 2.00. The van der Waals surface area contributed by atoms with Crippen molar-refractivity contribution in [2.75, 3.05) is 11.9 Å². The second-order valence-electron chi connectivity index (χ2n) is 8.04. The summed E-state index contributed by atoms with van der Waals surface area (Å²) >= 11 is 0. The van der Waals surface area contributed by atoms with Crippen molar-refractivity contribution in [1.29, 1.82) is 0 Å². The minimum Gasteiger partial charge on any atom is -0.354 e. The zero-order valence-electron chi connectivity index (χ0n) is 17.7. The number of rotatable bonds is 5. The van der Waals surface area contributed by atoms with E-state index in [2.05, 4.69) is 45.2 Å². The molecule has 0 aliphatic rings. The van der Waals surface area contributed by atoms with Crippen LogP contribution in [0.3, 0.4) is 0 Å². The molecular formula is C24H23FN6. The van der Waals surface area contributed by atoms with Crippen molar-refractivity contribution >= 4 is 22.8 Å². The maximum Gasteiger partial charge on any atom is 0.223 e. The lowest BCUT2D eigenvalue weighted by molar-refractivity contribution is 0.628. The van der Waals surface area contributed by atoms with Crippen LogP contribution >= 0.6 is 0 Å². The summed E-state index contributed by atoms with van der Waals surface area (Å²) < 4.78 is 17.8. The number of halogens is 1. The Labute approximate surface area is 179 Å². The third-order valence-electron chi connectivity index (χ3n) is 5.33. The van der Waals surface area contributed by atoms with E-state index >= 15 is 0 Å². The summed E-state index contributed by atoms with van der Waals surface area (Å²) in [4.78, 5) is 14.1. The molecule has 6 nitrogen and oxygen atoms in total. The van der Waals surface area contributed by atoms with E-state index in [4.69, 9.17) is 9.97 Å². The van der Waals surface area contributed by atoms with Crippen molar-refractivity contribution < 1.29 is 4.39 Å². The van der Waals surface area contributed by atoms with E-state index in [1.54, 1.807) is 18.3 Å². The van der Waals surface area contributed by atoms with Crippen LogP contribution in [0.1, 0.15) is 13.8 Å². The third kappa shape index (κ3) is 3.32. The summed E-state index contributed by atoms with van der Waals surface area (Å²) in [6, 6.07) is 16.5. The normalized spacial score (nSPS) is 11.6. The Morgan fingerprint density at radius 1 is 0.968 bits per heavy atom. The van der Waals surface area contributed by atoms with Crippen LogP contribution in [0.25, 0.3) is 39.5 Å². The number of aromatic nitrogens is 5. The van der Waals surface area contributed by atoms with E-state index in [-0.39, 0.29) is 5.82 Å². The van der Waals surface area contributed by atoms with Gasteiger partial charge in [-0.3, -0.25) is 4.40 Å². The first-order valence-electron chi connectivity index (χ1n) is 10.3. The third-order valence-corrected chi connectivity index (χ3v) is 5.33. The highest BCUT2D eigenvalue weighted by Crippen LogP contribution is 2.35. The van der Waals surface area contributed by atoms with Crippen LogP contribution in [0.15, 0.2) is 60.8 Å². The second kappa shape index (κ2) is 7.50. The summed E-state index contributed by atoms with van der Waals surface area (Å²) in [6.07, 6.45) is 1.75. The van der Waals surface area contributed by atoms with Crippen LogP contribution in [0.4, 0.5) is 10.3 Å². The van der Waals surface area contributed by atoms with Gasteiger partial charge in [0.1, 0.15) is 17.2 Å². The predicted molar refractivity (Wildman–Crippen MR) is 121 cm³/mol. The minimum absolute atomic E-state index is 0.276. The molecule has 0 spiro atoms. The van der Waals surface area contributed by atoms with Gasteiger partial charge in [-0.25, -0.2) is 19.3 Å². The molecule has 3 heterocycles. The fraction of sp³-hybridized carbons (Fsp3) is 0.208. The summed E-state index contributed by atoms with van der Waals surface area (Å²) in [5.41, 5.74) is 5.30. The molecule has 0 unspecified atom stereocenters. The van der Waals surface area contributed by atoms with Crippen molar-refractivity contribution in [3.63, 3.8) is 0 Å². The van der Waals surface area contributed by atoms with Gasteiger partial charge in [0.15, 0.2) is 0 Å². The molecule has 0 aliphatic heterocycles. The number of hydrogen-bond acceptors (Lipinski definition) is 4. The Balaban J connectivity index is 1.79. The van der Waals surface area contributed by atoms with Crippen LogP contribution in [-0.2, 0) is 7.05 Å². The first-order valence-corrected chi connectivity index (χ1v) is 10.3. The molecular weight excluding hydrogens is 391 g/mol. The van der Waals surface area contributed by atoms with E-state index in [9.17, 15) is 4.39 Å². The lowest BCUT2D eigenvalue weighted by Crippen LogP contribution is -2.10. The highest BCUT2D eigenvalue weighted by atomic mass is 19.1. The van der Waals surface area contributed by atoms with Gasteiger partial charge in [-0.1, -0.05) is 26.0 Å². The zero-order valence-corrected chi connectivity index (χ0v) is 17.7. The molecule has 3 aromatic heterocycles. The van der Waals surface area contributed by atoms with Crippen molar-refractivity contribution in [1.82, 2.24) is 23.9 Å². The Morgan fingerprint density at radius 2 is 1.71 bits per heavy atom. The predicted octanol–water partition coefficient (Wildman–Crippen LogP) is 5.16. The fourth-order valence-electron chi connectivity index (χ4n) is 3.82. The van der Waals surface area contributed by atoms with Crippen molar-refractivity contribution in [2.45, 2.75) is 13.8 Å². The van der Waals surface area contributed by atoms with Gasteiger partial charge in [0.05, 0.1) is 16.7 Å². The number of imidazole rings is 2. The van der Waals surface area contributed by atoms with Crippen LogP contribution in [0.2, 0.25) is 0 Å².